The number of hydrogen-bond donors (Lipinski definition) is 2. The van der Waals surface area contributed by atoms with Crippen molar-refractivity contribution in [2.45, 2.75) is 19.5 Å². The molecular weight excluding hydrogens is 185 g/mol. The normalized spacial score (nSPS) is 11.1. The molecule has 1 aromatic heterocycles. The largest absolute Gasteiger partial charge is 0.397 e. The van der Waals surface area contributed by atoms with E-state index in [0.717, 1.165) is 0 Å². The molecule has 5 heteroatoms. The van der Waals surface area contributed by atoms with Crippen molar-refractivity contribution < 1.29 is 9.18 Å². The maximum absolute atomic E-state index is 13.1. The van der Waals surface area contributed by atoms with E-state index in [-0.39, 0.29) is 5.82 Å². The first kappa shape index (κ1) is 10.4. The fraction of sp³-hybridized carbons (Fsp3) is 0.333. The van der Waals surface area contributed by atoms with Crippen molar-refractivity contribution in [1.29, 1.82) is 0 Å². The summed E-state index contributed by atoms with van der Waals surface area (Å²) in [6, 6.07) is 3.09. The molecule has 0 saturated heterocycles. The fourth-order valence-electron chi connectivity index (χ4n) is 0.744. The zero-order valence-electron chi connectivity index (χ0n) is 8.04. The van der Waals surface area contributed by atoms with Crippen molar-refractivity contribution in [1.82, 2.24) is 4.98 Å². The number of carbonyl (C=O) groups is 1. The Hall–Kier alpha value is -1.65. The average Bonchev–Trinajstić information content (AvgIpc) is 2.07. The number of nitrogens with one attached hydrogen (secondary N) is 1. The molecule has 0 radical (unpaired) electrons. The SMILES string of the molecule is CC(C)(F)C(=O)Nc1ccc(N)cn1. The molecule has 14 heavy (non-hydrogen) atoms. The van der Waals surface area contributed by atoms with Gasteiger partial charge in [0.15, 0.2) is 5.67 Å². The maximum atomic E-state index is 13.1. The van der Waals surface area contributed by atoms with Gasteiger partial charge in [-0.15, -0.1) is 0 Å². The molecule has 0 aliphatic heterocycles. The number of amides is 1. The number of hydrogen-bond acceptors (Lipinski definition) is 3. The number of nitrogen functional groups attached to an aromatic ring is 1. The topological polar surface area (TPSA) is 68.0 Å². The molecule has 1 amide bonds. The van der Waals surface area contributed by atoms with Gasteiger partial charge in [-0.2, -0.15) is 0 Å². The highest BCUT2D eigenvalue weighted by Gasteiger charge is 2.26. The van der Waals surface area contributed by atoms with Gasteiger partial charge in [0.25, 0.3) is 5.91 Å². The Morgan fingerprint density at radius 2 is 2.21 bits per heavy atom. The molecular formula is C9H12FN3O. The van der Waals surface area contributed by atoms with Gasteiger partial charge >= 0.3 is 0 Å². The van der Waals surface area contributed by atoms with Crippen LogP contribution < -0.4 is 11.1 Å². The minimum Gasteiger partial charge on any atom is -0.397 e. The van der Waals surface area contributed by atoms with Gasteiger partial charge in [0.05, 0.1) is 11.9 Å². The van der Waals surface area contributed by atoms with Crippen molar-refractivity contribution >= 4 is 17.4 Å². The molecule has 0 bridgehead atoms. The highest BCUT2D eigenvalue weighted by atomic mass is 19.1. The number of pyridine rings is 1. The van der Waals surface area contributed by atoms with Crippen LogP contribution in [-0.2, 0) is 4.79 Å². The van der Waals surface area contributed by atoms with E-state index < -0.39 is 11.6 Å². The minimum atomic E-state index is -1.91. The first-order valence-electron chi connectivity index (χ1n) is 4.11. The Bertz CT molecular complexity index is 329. The van der Waals surface area contributed by atoms with E-state index in [0.29, 0.717) is 5.69 Å². The monoisotopic (exact) mass is 197 g/mol. The lowest BCUT2D eigenvalue weighted by Gasteiger charge is -2.13. The summed E-state index contributed by atoms with van der Waals surface area (Å²) in [6.45, 7) is 2.36. The zero-order valence-corrected chi connectivity index (χ0v) is 8.04. The van der Waals surface area contributed by atoms with Crippen molar-refractivity contribution in [3.05, 3.63) is 18.3 Å². The van der Waals surface area contributed by atoms with E-state index in [2.05, 4.69) is 10.3 Å². The quantitative estimate of drug-likeness (QED) is 0.752. The van der Waals surface area contributed by atoms with E-state index >= 15 is 0 Å². The molecule has 0 saturated carbocycles. The first-order valence-corrected chi connectivity index (χ1v) is 4.11. The Morgan fingerprint density at radius 3 is 2.64 bits per heavy atom. The Morgan fingerprint density at radius 1 is 1.57 bits per heavy atom. The summed E-state index contributed by atoms with van der Waals surface area (Å²) in [4.78, 5) is 15.0. The highest BCUT2D eigenvalue weighted by molar-refractivity contribution is 5.95. The summed E-state index contributed by atoms with van der Waals surface area (Å²) in [5.41, 5.74) is 3.97. The second kappa shape index (κ2) is 3.61. The van der Waals surface area contributed by atoms with Gasteiger partial charge in [-0.05, 0) is 26.0 Å². The van der Waals surface area contributed by atoms with Crippen LogP contribution in [0.15, 0.2) is 18.3 Å². The molecule has 76 valence electrons. The number of anilines is 2. The molecule has 1 heterocycles. The van der Waals surface area contributed by atoms with Gasteiger partial charge in [0.1, 0.15) is 5.82 Å². The molecule has 0 aliphatic rings. The summed E-state index contributed by atoms with van der Waals surface area (Å²) in [6.07, 6.45) is 1.39. The lowest BCUT2D eigenvalue weighted by molar-refractivity contribution is -0.125. The second-order valence-corrected chi connectivity index (χ2v) is 3.40. The molecule has 0 aromatic carbocycles. The lowest BCUT2D eigenvalue weighted by atomic mass is 10.1. The van der Waals surface area contributed by atoms with Gasteiger partial charge in [0.2, 0.25) is 0 Å². The second-order valence-electron chi connectivity index (χ2n) is 3.40. The van der Waals surface area contributed by atoms with Crippen molar-refractivity contribution in [2.75, 3.05) is 11.1 Å². The molecule has 0 fully saturated rings. The van der Waals surface area contributed by atoms with Gasteiger partial charge in [-0.1, -0.05) is 0 Å². The smallest absolute Gasteiger partial charge is 0.262 e. The summed E-state index contributed by atoms with van der Waals surface area (Å²) in [5, 5.41) is 2.33. The van der Waals surface area contributed by atoms with Crippen LogP contribution in [0.3, 0.4) is 0 Å². The Labute approximate surface area is 81.3 Å². The summed E-state index contributed by atoms with van der Waals surface area (Å²) in [7, 11) is 0. The van der Waals surface area contributed by atoms with E-state index in [9.17, 15) is 9.18 Å². The predicted octanol–water partition coefficient (Wildman–Crippen LogP) is 1.35. The van der Waals surface area contributed by atoms with Gasteiger partial charge in [0, 0.05) is 0 Å². The predicted molar refractivity (Wildman–Crippen MR) is 52.5 cm³/mol. The summed E-state index contributed by atoms with van der Waals surface area (Å²) in [5.74, 6) is -0.440. The average molecular weight is 197 g/mol. The standard InChI is InChI=1S/C9H12FN3O/c1-9(2,10)8(14)13-7-4-3-6(11)5-12-7/h3-5H,11H2,1-2H3,(H,12,13,14). The van der Waals surface area contributed by atoms with Gasteiger partial charge < -0.3 is 11.1 Å². The van der Waals surface area contributed by atoms with Crippen LogP contribution in [0.5, 0.6) is 0 Å². The molecule has 3 N–H and O–H groups in total. The van der Waals surface area contributed by atoms with Crippen LogP contribution in [0.2, 0.25) is 0 Å². The molecule has 1 rings (SSSR count). The number of carbonyl (C=O) groups excluding carboxylic acids is 1. The van der Waals surface area contributed by atoms with Gasteiger partial charge in [-0.25, -0.2) is 9.37 Å². The van der Waals surface area contributed by atoms with E-state index in [1.807, 2.05) is 0 Å². The number of nitrogens with two attached hydrogens (primary N) is 1. The Balaban J connectivity index is 2.71. The van der Waals surface area contributed by atoms with Crippen LogP contribution >= 0.6 is 0 Å². The van der Waals surface area contributed by atoms with Crippen LogP contribution in [0, 0.1) is 0 Å². The lowest BCUT2D eigenvalue weighted by Crippen LogP contribution is -2.32. The number of rotatable bonds is 2. The van der Waals surface area contributed by atoms with E-state index in [4.69, 9.17) is 5.73 Å². The van der Waals surface area contributed by atoms with Crippen LogP contribution in [0.4, 0.5) is 15.9 Å². The van der Waals surface area contributed by atoms with E-state index in [1.54, 1.807) is 6.07 Å². The zero-order chi connectivity index (χ0) is 10.8. The molecule has 0 atom stereocenters. The van der Waals surface area contributed by atoms with Crippen molar-refractivity contribution in [2.24, 2.45) is 0 Å². The Kier molecular flexibility index (Phi) is 2.69. The third kappa shape index (κ3) is 2.69. The third-order valence-corrected chi connectivity index (χ3v) is 1.57. The molecule has 0 aliphatic carbocycles. The van der Waals surface area contributed by atoms with Crippen molar-refractivity contribution in [3.8, 4) is 0 Å². The molecule has 0 unspecified atom stereocenters. The summed E-state index contributed by atoms with van der Waals surface area (Å²) < 4.78 is 13.1. The number of nitrogens with zero attached hydrogens (tertiary/aromatic N) is 1. The molecule has 0 spiro atoms. The highest BCUT2D eigenvalue weighted by Crippen LogP contribution is 2.12. The van der Waals surface area contributed by atoms with Crippen LogP contribution in [0.1, 0.15) is 13.8 Å². The fourth-order valence-corrected chi connectivity index (χ4v) is 0.744. The maximum Gasteiger partial charge on any atom is 0.262 e. The van der Waals surface area contributed by atoms with Gasteiger partial charge in [-0.3, -0.25) is 4.79 Å². The molecule has 4 nitrogen and oxygen atoms in total. The number of aromatic nitrogens is 1. The first-order chi connectivity index (χ1) is 6.39. The number of halogens is 1. The number of alkyl halides is 1. The van der Waals surface area contributed by atoms with Crippen molar-refractivity contribution in [3.63, 3.8) is 0 Å². The minimum absolute atomic E-state index is 0.287. The van der Waals surface area contributed by atoms with Crippen LogP contribution in [0.25, 0.3) is 0 Å². The molecule has 1 aromatic rings. The third-order valence-electron chi connectivity index (χ3n) is 1.57. The van der Waals surface area contributed by atoms with E-state index in [1.165, 1.54) is 26.1 Å². The summed E-state index contributed by atoms with van der Waals surface area (Å²) >= 11 is 0. The van der Waals surface area contributed by atoms with Crippen LogP contribution in [-0.4, -0.2) is 16.6 Å².